The first kappa shape index (κ1) is 12.0. The van der Waals surface area contributed by atoms with E-state index in [1.54, 1.807) is 13.2 Å². The lowest BCUT2D eigenvalue weighted by Gasteiger charge is -2.16. The van der Waals surface area contributed by atoms with E-state index in [1.807, 2.05) is 13.8 Å². The molecule has 0 spiro atoms. The van der Waals surface area contributed by atoms with E-state index < -0.39 is 6.04 Å². The van der Waals surface area contributed by atoms with Crippen molar-refractivity contribution in [3.63, 3.8) is 0 Å². The van der Waals surface area contributed by atoms with Crippen LogP contribution in [0.15, 0.2) is 6.07 Å². The standard InChI is InChI=1S/C11H14ClNO2/c1-6-4-9(15-3)10(8(13)5-14)7(2)11(6)12/h4-5,8H,13H2,1-3H3. The van der Waals surface area contributed by atoms with Crippen LogP contribution in [0.3, 0.4) is 0 Å². The third kappa shape index (κ3) is 2.13. The smallest absolute Gasteiger partial charge is 0.141 e. The van der Waals surface area contributed by atoms with Crippen molar-refractivity contribution in [2.75, 3.05) is 7.11 Å². The second kappa shape index (κ2) is 4.64. The zero-order chi connectivity index (χ0) is 11.6. The van der Waals surface area contributed by atoms with Gasteiger partial charge in [0.15, 0.2) is 0 Å². The van der Waals surface area contributed by atoms with Gasteiger partial charge in [-0.15, -0.1) is 0 Å². The van der Waals surface area contributed by atoms with Gasteiger partial charge >= 0.3 is 0 Å². The Morgan fingerprint density at radius 2 is 2.13 bits per heavy atom. The van der Waals surface area contributed by atoms with Gasteiger partial charge in [-0.3, -0.25) is 0 Å². The number of hydrogen-bond acceptors (Lipinski definition) is 3. The lowest BCUT2D eigenvalue weighted by atomic mass is 9.99. The van der Waals surface area contributed by atoms with E-state index in [-0.39, 0.29) is 0 Å². The fraction of sp³-hybridized carbons (Fsp3) is 0.364. The van der Waals surface area contributed by atoms with Gasteiger partial charge in [0.25, 0.3) is 0 Å². The molecule has 0 aliphatic heterocycles. The van der Waals surface area contributed by atoms with E-state index in [1.165, 1.54) is 0 Å². The van der Waals surface area contributed by atoms with Crippen molar-refractivity contribution in [2.45, 2.75) is 19.9 Å². The topological polar surface area (TPSA) is 52.3 Å². The van der Waals surface area contributed by atoms with E-state index in [2.05, 4.69) is 0 Å². The average Bonchev–Trinajstić information content (AvgIpc) is 2.24. The molecule has 0 aliphatic rings. The third-order valence-corrected chi connectivity index (χ3v) is 2.97. The molecule has 0 saturated heterocycles. The molecule has 1 unspecified atom stereocenters. The Morgan fingerprint density at radius 1 is 1.53 bits per heavy atom. The molecule has 0 aliphatic carbocycles. The monoisotopic (exact) mass is 227 g/mol. The van der Waals surface area contributed by atoms with Crippen LogP contribution in [-0.4, -0.2) is 13.4 Å². The normalized spacial score (nSPS) is 12.3. The number of carbonyl (C=O) groups excluding carboxylic acids is 1. The number of nitrogens with two attached hydrogens (primary N) is 1. The van der Waals surface area contributed by atoms with Gasteiger partial charge in [0.1, 0.15) is 12.0 Å². The number of rotatable bonds is 3. The molecule has 0 bridgehead atoms. The Bertz CT molecular complexity index is 391. The van der Waals surface area contributed by atoms with E-state index in [4.69, 9.17) is 22.1 Å². The molecule has 2 N–H and O–H groups in total. The zero-order valence-electron chi connectivity index (χ0n) is 9.00. The molecule has 0 aromatic heterocycles. The molecule has 15 heavy (non-hydrogen) atoms. The number of ether oxygens (including phenoxy) is 1. The molecule has 0 heterocycles. The number of halogens is 1. The van der Waals surface area contributed by atoms with Gasteiger partial charge in [-0.1, -0.05) is 11.6 Å². The fourth-order valence-electron chi connectivity index (χ4n) is 1.59. The van der Waals surface area contributed by atoms with Crippen molar-refractivity contribution in [3.8, 4) is 5.75 Å². The summed E-state index contributed by atoms with van der Waals surface area (Å²) in [6.07, 6.45) is 0.677. The molecular formula is C11H14ClNO2. The number of benzene rings is 1. The Labute approximate surface area is 94.2 Å². The summed E-state index contributed by atoms with van der Waals surface area (Å²) < 4.78 is 5.19. The van der Waals surface area contributed by atoms with Gasteiger partial charge in [-0.05, 0) is 31.0 Å². The Kier molecular flexibility index (Phi) is 3.72. The first-order valence-electron chi connectivity index (χ1n) is 4.57. The molecular weight excluding hydrogens is 214 g/mol. The van der Waals surface area contributed by atoms with Gasteiger partial charge in [-0.2, -0.15) is 0 Å². The van der Waals surface area contributed by atoms with E-state index in [0.29, 0.717) is 22.6 Å². The number of aldehydes is 1. The summed E-state index contributed by atoms with van der Waals surface area (Å²) in [5.41, 5.74) is 8.05. The second-order valence-corrected chi connectivity index (χ2v) is 3.79. The molecule has 0 saturated carbocycles. The Hall–Kier alpha value is -1.06. The molecule has 1 atom stereocenters. The number of hydrogen-bond donors (Lipinski definition) is 1. The maximum atomic E-state index is 10.7. The highest BCUT2D eigenvalue weighted by atomic mass is 35.5. The summed E-state index contributed by atoms with van der Waals surface area (Å²) in [5, 5.41) is 0.628. The second-order valence-electron chi connectivity index (χ2n) is 3.41. The van der Waals surface area contributed by atoms with Crippen LogP contribution in [0.4, 0.5) is 0 Å². The molecule has 4 heteroatoms. The van der Waals surface area contributed by atoms with Crippen molar-refractivity contribution in [1.29, 1.82) is 0 Å². The zero-order valence-corrected chi connectivity index (χ0v) is 9.76. The summed E-state index contributed by atoms with van der Waals surface area (Å²) in [6, 6.07) is 1.09. The lowest BCUT2D eigenvalue weighted by Crippen LogP contribution is -2.14. The number of carbonyl (C=O) groups is 1. The summed E-state index contributed by atoms with van der Waals surface area (Å²) in [5.74, 6) is 0.606. The highest BCUT2D eigenvalue weighted by Crippen LogP contribution is 2.34. The van der Waals surface area contributed by atoms with Gasteiger partial charge in [0, 0.05) is 10.6 Å². The SMILES string of the molecule is COc1cc(C)c(Cl)c(C)c1C(N)C=O. The first-order valence-corrected chi connectivity index (χ1v) is 4.95. The maximum absolute atomic E-state index is 10.7. The van der Waals surface area contributed by atoms with Crippen LogP contribution in [0.1, 0.15) is 22.7 Å². The van der Waals surface area contributed by atoms with Gasteiger partial charge < -0.3 is 15.3 Å². The number of methoxy groups -OCH3 is 1. The van der Waals surface area contributed by atoms with Crippen LogP contribution in [-0.2, 0) is 4.79 Å². The molecule has 1 aromatic rings. The number of aryl methyl sites for hydroxylation is 1. The van der Waals surface area contributed by atoms with Crippen molar-refractivity contribution in [2.24, 2.45) is 5.73 Å². The predicted molar refractivity (Wildman–Crippen MR) is 60.5 cm³/mol. The Balaban J connectivity index is 3.46. The third-order valence-electron chi connectivity index (χ3n) is 2.39. The summed E-state index contributed by atoms with van der Waals surface area (Å²) >= 11 is 6.09. The van der Waals surface area contributed by atoms with E-state index in [9.17, 15) is 4.79 Å². The maximum Gasteiger partial charge on any atom is 0.141 e. The molecule has 1 rings (SSSR count). The van der Waals surface area contributed by atoms with Gasteiger partial charge in [-0.25, -0.2) is 0 Å². The van der Waals surface area contributed by atoms with E-state index >= 15 is 0 Å². The van der Waals surface area contributed by atoms with Crippen molar-refractivity contribution >= 4 is 17.9 Å². The Morgan fingerprint density at radius 3 is 2.60 bits per heavy atom. The van der Waals surface area contributed by atoms with Crippen LogP contribution in [0.5, 0.6) is 5.75 Å². The molecule has 0 radical (unpaired) electrons. The van der Waals surface area contributed by atoms with Crippen LogP contribution in [0.2, 0.25) is 5.02 Å². The predicted octanol–water partition coefficient (Wildman–Crippen LogP) is 2.16. The van der Waals surface area contributed by atoms with Crippen LogP contribution in [0.25, 0.3) is 0 Å². The lowest BCUT2D eigenvalue weighted by molar-refractivity contribution is -0.109. The molecule has 1 aromatic carbocycles. The molecule has 0 fully saturated rings. The molecule has 82 valence electrons. The van der Waals surface area contributed by atoms with Crippen molar-refractivity contribution in [3.05, 3.63) is 27.8 Å². The van der Waals surface area contributed by atoms with Crippen LogP contribution >= 0.6 is 11.6 Å². The minimum Gasteiger partial charge on any atom is -0.496 e. The highest BCUT2D eigenvalue weighted by molar-refractivity contribution is 6.32. The largest absolute Gasteiger partial charge is 0.496 e. The quantitative estimate of drug-likeness (QED) is 0.806. The van der Waals surface area contributed by atoms with Crippen LogP contribution in [0, 0.1) is 13.8 Å². The van der Waals surface area contributed by atoms with E-state index in [0.717, 1.165) is 11.1 Å². The fourth-order valence-corrected chi connectivity index (χ4v) is 1.74. The minimum atomic E-state index is -0.696. The van der Waals surface area contributed by atoms with Crippen molar-refractivity contribution in [1.82, 2.24) is 0 Å². The minimum absolute atomic E-state index is 0.606. The average molecular weight is 228 g/mol. The summed E-state index contributed by atoms with van der Waals surface area (Å²) in [4.78, 5) is 10.7. The van der Waals surface area contributed by atoms with Crippen LogP contribution < -0.4 is 10.5 Å². The molecule has 3 nitrogen and oxygen atoms in total. The highest BCUT2D eigenvalue weighted by Gasteiger charge is 2.17. The summed E-state index contributed by atoms with van der Waals surface area (Å²) in [7, 11) is 1.54. The van der Waals surface area contributed by atoms with Gasteiger partial charge in [0.05, 0.1) is 13.2 Å². The first-order chi connectivity index (χ1) is 7.02. The molecule has 0 amide bonds. The summed E-state index contributed by atoms with van der Waals surface area (Å²) in [6.45, 7) is 3.71. The van der Waals surface area contributed by atoms with Crippen molar-refractivity contribution < 1.29 is 9.53 Å². The van der Waals surface area contributed by atoms with Gasteiger partial charge in [0.2, 0.25) is 0 Å².